The fraction of sp³-hybridized carbons (Fsp3) is 0.538. The average Bonchev–Trinajstić information content (AvgIpc) is 2.79. The third-order valence-corrected chi connectivity index (χ3v) is 5.43. The maximum atomic E-state index is 5.97. The first-order valence-corrected chi connectivity index (χ1v) is 7.63. The van der Waals surface area contributed by atoms with Crippen LogP contribution in [0.3, 0.4) is 0 Å². The van der Waals surface area contributed by atoms with Crippen molar-refractivity contribution in [1.82, 2.24) is 0 Å². The van der Waals surface area contributed by atoms with Gasteiger partial charge >= 0.3 is 0 Å². The second-order valence-electron chi connectivity index (χ2n) is 4.47. The molecule has 0 aliphatic carbocycles. The molecule has 2 nitrogen and oxygen atoms in total. The molecule has 4 heteroatoms. The Bertz CT molecular complexity index is 391. The Morgan fingerprint density at radius 3 is 2.94 bits per heavy atom. The van der Waals surface area contributed by atoms with E-state index in [0.717, 1.165) is 23.2 Å². The minimum Gasteiger partial charge on any atom is -0.496 e. The summed E-state index contributed by atoms with van der Waals surface area (Å²) in [5.41, 5.74) is 7.22. The molecule has 0 bridgehead atoms. The molecule has 0 radical (unpaired) electrons. The van der Waals surface area contributed by atoms with Crippen LogP contribution in [0.15, 0.2) is 22.7 Å². The van der Waals surface area contributed by atoms with Gasteiger partial charge in [-0.15, -0.1) is 0 Å². The van der Waals surface area contributed by atoms with Gasteiger partial charge < -0.3 is 10.5 Å². The molecule has 1 heterocycles. The van der Waals surface area contributed by atoms with Crippen molar-refractivity contribution in [2.45, 2.75) is 24.0 Å². The first kappa shape index (κ1) is 13.2. The third-order valence-electron chi connectivity index (χ3n) is 3.31. The summed E-state index contributed by atoms with van der Waals surface area (Å²) in [5.74, 6) is 2.20. The summed E-state index contributed by atoms with van der Waals surface area (Å²) in [6.07, 6.45) is 3.48. The van der Waals surface area contributed by atoms with E-state index in [1.807, 2.05) is 23.9 Å². The summed E-state index contributed by atoms with van der Waals surface area (Å²) in [5, 5.41) is 0. The highest BCUT2D eigenvalue weighted by Crippen LogP contribution is 2.41. The van der Waals surface area contributed by atoms with Crippen molar-refractivity contribution in [2.24, 2.45) is 5.73 Å². The van der Waals surface area contributed by atoms with Crippen LogP contribution in [-0.2, 0) is 6.42 Å². The molecule has 1 aliphatic heterocycles. The molecule has 1 unspecified atom stereocenters. The predicted molar refractivity (Wildman–Crippen MR) is 77.9 cm³/mol. The van der Waals surface area contributed by atoms with Crippen LogP contribution in [0.4, 0.5) is 0 Å². The van der Waals surface area contributed by atoms with Gasteiger partial charge in [0, 0.05) is 15.8 Å². The van der Waals surface area contributed by atoms with E-state index in [0.29, 0.717) is 0 Å². The lowest BCUT2D eigenvalue weighted by Gasteiger charge is -2.27. The topological polar surface area (TPSA) is 35.2 Å². The van der Waals surface area contributed by atoms with Gasteiger partial charge in [-0.2, -0.15) is 11.8 Å². The molecular weight excluding hydrogens is 298 g/mol. The Morgan fingerprint density at radius 2 is 2.35 bits per heavy atom. The second-order valence-corrected chi connectivity index (χ2v) is 6.95. The number of methoxy groups -OCH3 is 1. The van der Waals surface area contributed by atoms with Crippen LogP contribution in [0.25, 0.3) is 0 Å². The van der Waals surface area contributed by atoms with Gasteiger partial charge in [-0.05, 0) is 48.8 Å². The lowest BCUT2D eigenvalue weighted by atomic mass is 9.94. The minimum absolute atomic E-state index is 0.216. The van der Waals surface area contributed by atoms with Crippen LogP contribution < -0.4 is 10.5 Å². The van der Waals surface area contributed by atoms with Gasteiger partial charge in [0.15, 0.2) is 0 Å². The molecule has 2 N–H and O–H groups in total. The molecule has 94 valence electrons. The number of halogens is 1. The average molecular weight is 316 g/mol. The van der Waals surface area contributed by atoms with E-state index in [4.69, 9.17) is 10.5 Å². The monoisotopic (exact) mass is 315 g/mol. The lowest BCUT2D eigenvalue weighted by Crippen LogP contribution is -2.34. The highest BCUT2D eigenvalue weighted by atomic mass is 79.9. The summed E-state index contributed by atoms with van der Waals surface area (Å²) >= 11 is 5.53. The Kier molecular flexibility index (Phi) is 4.39. The van der Waals surface area contributed by atoms with Crippen molar-refractivity contribution >= 4 is 27.7 Å². The minimum atomic E-state index is 0.216. The number of benzene rings is 1. The Hall–Kier alpha value is -0.190. The van der Waals surface area contributed by atoms with E-state index >= 15 is 0 Å². The fourth-order valence-electron chi connectivity index (χ4n) is 2.36. The van der Waals surface area contributed by atoms with Crippen molar-refractivity contribution in [2.75, 3.05) is 19.4 Å². The van der Waals surface area contributed by atoms with Crippen LogP contribution in [0.2, 0.25) is 0 Å². The van der Waals surface area contributed by atoms with Gasteiger partial charge in [0.05, 0.1) is 7.11 Å². The SMILES string of the molecule is COc1ccc(Br)cc1CC1(CN)CCCS1. The molecule has 1 aromatic rings. The van der Waals surface area contributed by atoms with Gasteiger partial charge in [-0.25, -0.2) is 0 Å². The van der Waals surface area contributed by atoms with Crippen molar-refractivity contribution in [3.8, 4) is 5.75 Å². The van der Waals surface area contributed by atoms with Crippen LogP contribution in [-0.4, -0.2) is 24.2 Å². The molecule has 0 spiro atoms. The molecule has 0 aromatic heterocycles. The smallest absolute Gasteiger partial charge is 0.122 e. The molecule has 1 atom stereocenters. The van der Waals surface area contributed by atoms with Crippen molar-refractivity contribution in [1.29, 1.82) is 0 Å². The third kappa shape index (κ3) is 2.98. The maximum Gasteiger partial charge on any atom is 0.122 e. The summed E-state index contributed by atoms with van der Waals surface area (Å²) < 4.78 is 6.75. The number of thioether (sulfide) groups is 1. The molecule has 2 rings (SSSR count). The van der Waals surface area contributed by atoms with E-state index in [1.54, 1.807) is 7.11 Å². The molecule has 1 aliphatic rings. The van der Waals surface area contributed by atoms with Gasteiger partial charge in [0.1, 0.15) is 5.75 Å². The highest BCUT2D eigenvalue weighted by Gasteiger charge is 2.34. The maximum absolute atomic E-state index is 5.97. The fourth-order valence-corrected chi connectivity index (χ4v) is 4.15. The zero-order chi connectivity index (χ0) is 12.3. The second kappa shape index (κ2) is 5.63. The molecule has 0 saturated carbocycles. The predicted octanol–water partition coefficient (Wildman–Crippen LogP) is 3.22. The summed E-state index contributed by atoms with van der Waals surface area (Å²) in [7, 11) is 1.73. The summed E-state index contributed by atoms with van der Waals surface area (Å²) in [6, 6.07) is 6.18. The largest absolute Gasteiger partial charge is 0.496 e. The number of hydrogen-bond acceptors (Lipinski definition) is 3. The first-order valence-electron chi connectivity index (χ1n) is 5.85. The van der Waals surface area contributed by atoms with Crippen LogP contribution in [0.5, 0.6) is 5.75 Å². The number of rotatable bonds is 4. The molecule has 1 fully saturated rings. The van der Waals surface area contributed by atoms with Crippen LogP contribution in [0.1, 0.15) is 18.4 Å². The Morgan fingerprint density at radius 1 is 1.53 bits per heavy atom. The summed E-state index contributed by atoms with van der Waals surface area (Å²) in [6.45, 7) is 0.743. The van der Waals surface area contributed by atoms with E-state index in [-0.39, 0.29) is 4.75 Å². The van der Waals surface area contributed by atoms with Crippen molar-refractivity contribution < 1.29 is 4.74 Å². The summed E-state index contributed by atoms with van der Waals surface area (Å²) in [4.78, 5) is 0. The lowest BCUT2D eigenvalue weighted by molar-refractivity contribution is 0.406. The van der Waals surface area contributed by atoms with Crippen LogP contribution in [0, 0.1) is 0 Å². The van der Waals surface area contributed by atoms with Crippen molar-refractivity contribution in [3.05, 3.63) is 28.2 Å². The first-order chi connectivity index (χ1) is 8.19. The van der Waals surface area contributed by atoms with E-state index in [9.17, 15) is 0 Å². The molecular formula is C13H18BrNOS. The van der Waals surface area contributed by atoms with Gasteiger partial charge in [0.25, 0.3) is 0 Å². The molecule has 1 saturated heterocycles. The molecule has 0 amide bonds. The van der Waals surface area contributed by atoms with E-state index in [2.05, 4.69) is 22.0 Å². The van der Waals surface area contributed by atoms with Gasteiger partial charge in [0.2, 0.25) is 0 Å². The zero-order valence-corrected chi connectivity index (χ0v) is 12.4. The van der Waals surface area contributed by atoms with E-state index in [1.165, 1.54) is 24.2 Å². The van der Waals surface area contributed by atoms with E-state index < -0.39 is 0 Å². The number of nitrogens with two attached hydrogens (primary N) is 1. The highest BCUT2D eigenvalue weighted by molar-refractivity contribution is 9.10. The standard InChI is InChI=1S/C13H18BrNOS/c1-16-12-4-3-11(14)7-10(12)8-13(9-15)5-2-6-17-13/h3-4,7H,2,5-6,8-9,15H2,1H3. The van der Waals surface area contributed by atoms with Gasteiger partial charge in [-0.1, -0.05) is 15.9 Å². The van der Waals surface area contributed by atoms with Gasteiger partial charge in [-0.3, -0.25) is 0 Å². The quantitative estimate of drug-likeness (QED) is 0.926. The normalized spacial score (nSPS) is 23.9. The number of hydrogen-bond donors (Lipinski definition) is 1. The van der Waals surface area contributed by atoms with Crippen molar-refractivity contribution in [3.63, 3.8) is 0 Å². The number of ether oxygens (including phenoxy) is 1. The molecule has 1 aromatic carbocycles. The Balaban J connectivity index is 2.24. The molecule has 17 heavy (non-hydrogen) atoms. The zero-order valence-electron chi connectivity index (χ0n) is 10.0. The van der Waals surface area contributed by atoms with Crippen LogP contribution >= 0.6 is 27.7 Å². The Labute approximate surface area is 115 Å².